The van der Waals surface area contributed by atoms with E-state index in [9.17, 15) is 0 Å². The maximum Gasteiger partial charge on any atom is 0.204 e. The Morgan fingerprint density at radius 3 is 2.31 bits per heavy atom. The standard InChI is InChI=1S/C26H25N5S/c1-18-14-15-22-21(16-18)23(19-10-6-4-7-11-19)24(27-22)25-28-30(17-29(2)3)26(32)31(25)20-12-8-5-9-13-20/h4-16,27H,17H2,1-3H3. The second-order valence-corrected chi connectivity index (χ2v) is 8.65. The summed E-state index contributed by atoms with van der Waals surface area (Å²) in [6.45, 7) is 2.73. The van der Waals surface area contributed by atoms with Crippen molar-refractivity contribution in [1.29, 1.82) is 0 Å². The summed E-state index contributed by atoms with van der Waals surface area (Å²) in [5, 5.41) is 6.18. The van der Waals surface area contributed by atoms with Gasteiger partial charge in [0.2, 0.25) is 4.77 Å². The van der Waals surface area contributed by atoms with Crippen LogP contribution in [0.3, 0.4) is 0 Å². The molecular weight excluding hydrogens is 414 g/mol. The average Bonchev–Trinajstić information content (AvgIpc) is 3.32. The minimum atomic E-state index is 0.603. The zero-order valence-corrected chi connectivity index (χ0v) is 19.2. The molecule has 5 aromatic rings. The van der Waals surface area contributed by atoms with E-state index in [1.165, 1.54) is 10.9 Å². The molecule has 0 aliphatic rings. The third-order valence-corrected chi connectivity index (χ3v) is 5.90. The Hall–Kier alpha value is -3.48. The second kappa shape index (κ2) is 8.22. The third kappa shape index (κ3) is 3.57. The van der Waals surface area contributed by atoms with Gasteiger partial charge in [-0.2, -0.15) is 0 Å². The van der Waals surface area contributed by atoms with Crippen molar-refractivity contribution in [2.75, 3.05) is 14.1 Å². The topological polar surface area (TPSA) is 41.8 Å². The van der Waals surface area contributed by atoms with E-state index in [-0.39, 0.29) is 0 Å². The number of nitrogens with one attached hydrogen (secondary N) is 1. The number of hydrogen-bond donors (Lipinski definition) is 1. The van der Waals surface area contributed by atoms with E-state index >= 15 is 0 Å². The van der Waals surface area contributed by atoms with Crippen LogP contribution in [0.2, 0.25) is 0 Å². The fourth-order valence-electron chi connectivity index (χ4n) is 4.12. The number of rotatable bonds is 5. The minimum absolute atomic E-state index is 0.603. The molecule has 160 valence electrons. The number of para-hydroxylation sites is 1. The van der Waals surface area contributed by atoms with Crippen molar-refractivity contribution >= 4 is 23.1 Å². The van der Waals surface area contributed by atoms with Crippen LogP contribution in [0.1, 0.15) is 5.56 Å². The number of H-pyrrole nitrogens is 1. The van der Waals surface area contributed by atoms with Crippen molar-refractivity contribution in [3.63, 3.8) is 0 Å². The molecule has 6 heteroatoms. The first-order valence-corrected chi connectivity index (χ1v) is 11.0. The number of aryl methyl sites for hydroxylation is 1. The Bertz CT molecular complexity index is 1440. The molecule has 0 fully saturated rings. The van der Waals surface area contributed by atoms with Crippen molar-refractivity contribution in [2.45, 2.75) is 13.6 Å². The fraction of sp³-hybridized carbons (Fsp3) is 0.154. The van der Waals surface area contributed by atoms with Gasteiger partial charge in [0.15, 0.2) is 5.82 Å². The zero-order valence-electron chi connectivity index (χ0n) is 18.4. The van der Waals surface area contributed by atoms with Gasteiger partial charge in [-0.05, 0) is 63.1 Å². The van der Waals surface area contributed by atoms with Gasteiger partial charge in [0.25, 0.3) is 0 Å². The molecule has 0 radical (unpaired) electrons. The summed E-state index contributed by atoms with van der Waals surface area (Å²) in [7, 11) is 4.04. The summed E-state index contributed by atoms with van der Waals surface area (Å²) in [6, 6.07) is 27.2. The smallest absolute Gasteiger partial charge is 0.204 e. The van der Waals surface area contributed by atoms with Crippen LogP contribution < -0.4 is 0 Å². The lowest BCUT2D eigenvalue weighted by molar-refractivity contribution is 0.304. The van der Waals surface area contributed by atoms with Crippen molar-refractivity contribution in [1.82, 2.24) is 24.2 Å². The molecule has 5 nitrogen and oxygen atoms in total. The van der Waals surface area contributed by atoms with E-state index < -0.39 is 0 Å². The largest absolute Gasteiger partial charge is 0.351 e. The monoisotopic (exact) mass is 439 g/mol. The van der Waals surface area contributed by atoms with Gasteiger partial charge in [-0.25, -0.2) is 4.68 Å². The van der Waals surface area contributed by atoms with Crippen LogP contribution in [-0.2, 0) is 6.67 Å². The van der Waals surface area contributed by atoms with Crippen molar-refractivity contribution in [3.8, 4) is 28.3 Å². The zero-order chi connectivity index (χ0) is 22.2. The van der Waals surface area contributed by atoms with E-state index in [4.69, 9.17) is 17.3 Å². The van der Waals surface area contributed by atoms with Gasteiger partial charge in [-0.3, -0.25) is 9.47 Å². The maximum atomic E-state index is 5.90. The highest BCUT2D eigenvalue weighted by atomic mass is 32.1. The van der Waals surface area contributed by atoms with Gasteiger partial charge < -0.3 is 4.98 Å². The highest BCUT2D eigenvalue weighted by Crippen LogP contribution is 2.38. The summed E-state index contributed by atoms with van der Waals surface area (Å²) in [5.74, 6) is 0.802. The number of hydrogen-bond acceptors (Lipinski definition) is 3. The number of aromatic amines is 1. The number of fused-ring (bicyclic) bond motifs is 1. The van der Waals surface area contributed by atoms with Gasteiger partial charge in [0.1, 0.15) is 0 Å². The van der Waals surface area contributed by atoms with Gasteiger partial charge in [0, 0.05) is 16.5 Å². The average molecular weight is 440 g/mol. The highest BCUT2D eigenvalue weighted by Gasteiger charge is 2.22. The molecule has 0 bridgehead atoms. The van der Waals surface area contributed by atoms with E-state index in [2.05, 4.69) is 76.0 Å². The summed E-state index contributed by atoms with van der Waals surface area (Å²) in [5.41, 5.74) is 6.54. The number of benzene rings is 3. The molecule has 32 heavy (non-hydrogen) atoms. The Balaban J connectivity index is 1.86. The maximum absolute atomic E-state index is 5.90. The van der Waals surface area contributed by atoms with Gasteiger partial charge >= 0.3 is 0 Å². The van der Waals surface area contributed by atoms with E-state index in [0.717, 1.165) is 33.8 Å². The lowest BCUT2D eigenvalue weighted by Crippen LogP contribution is -2.18. The van der Waals surface area contributed by atoms with E-state index in [1.807, 2.05) is 43.0 Å². The Morgan fingerprint density at radius 1 is 0.938 bits per heavy atom. The molecule has 0 amide bonds. The van der Waals surface area contributed by atoms with Crippen LogP contribution in [0.4, 0.5) is 0 Å². The molecule has 0 spiro atoms. The van der Waals surface area contributed by atoms with Crippen LogP contribution in [0.25, 0.3) is 39.2 Å². The summed E-state index contributed by atoms with van der Waals surface area (Å²) < 4.78 is 4.60. The normalized spacial score (nSPS) is 11.5. The molecule has 0 atom stereocenters. The van der Waals surface area contributed by atoms with Crippen LogP contribution in [0, 0.1) is 11.7 Å². The third-order valence-electron chi connectivity index (χ3n) is 5.51. The molecule has 0 unspecified atom stereocenters. The first-order chi connectivity index (χ1) is 15.5. The molecule has 0 saturated heterocycles. The fourth-order valence-corrected chi connectivity index (χ4v) is 4.41. The van der Waals surface area contributed by atoms with Crippen LogP contribution >= 0.6 is 12.2 Å². The second-order valence-electron chi connectivity index (χ2n) is 8.29. The lowest BCUT2D eigenvalue weighted by Gasteiger charge is -2.09. The van der Waals surface area contributed by atoms with Crippen LogP contribution in [0.15, 0.2) is 78.9 Å². The molecule has 3 aromatic carbocycles. The first-order valence-electron chi connectivity index (χ1n) is 10.6. The summed E-state index contributed by atoms with van der Waals surface area (Å²) in [4.78, 5) is 5.72. The highest BCUT2D eigenvalue weighted by molar-refractivity contribution is 7.71. The lowest BCUT2D eigenvalue weighted by atomic mass is 10.0. The van der Waals surface area contributed by atoms with Gasteiger partial charge in [-0.1, -0.05) is 60.2 Å². The Morgan fingerprint density at radius 2 is 1.62 bits per heavy atom. The Labute approximate surface area is 192 Å². The Kier molecular flexibility index (Phi) is 5.25. The molecule has 0 aliphatic heterocycles. The molecular formula is C26H25N5S. The van der Waals surface area contributed by atoms with Crippen molar-refractivity contribution in [3.05, 3.63) is 89.2 Å². The molecule has 2 aromatic heterocycles. The van der Waals surface area contributed by atoms with Crippen LogP contribution in [0.5, 0.6) is 0 Å². The molecule has 1 N–H and O–H groups in total. The number of nitrogens with zero attached hydrogens (tertiary/aromatic N) is 4. The summed E-state index contributed by atoms with van der Waals surface area (Å²) in [6.07, 6.45) is 0. The van der Waals surface area contributed by atoms with Crippen LogP contribution in [-0.4, -0.2) is 38.3 Å². The predicted octanol–water partition coefficient (Wildman–Crippen LogP) is 6.05. The minimum Gasteiger partial charge on any atom is -0.351 e. The van der Waals surface area contributed by atoms with Gasteiger partial charge in [-0.15, -0.1) is 5.10 Å². The summed E-state index contributed by atoms with van der Waals surface area (Å²) >= 11 is 5.90. The van der Waals surface area contributed by atoms with Crippen molar-refractivity contribution < 1.29 is 0 Å². The molecule has 0 saturated carbocycles. The van der Waals surface area contributed by atoms with Crippen molar-refractivity contribution in [2.24, 2.45) is 0 Å². The quantitative estimate of drug-likeness (QED) is 0.339. The van der Waals surface area contributed by atoms with E-state index in [0.29, 0.717) is 11.4 Å². The predicted molar refractivity (Wildman–Crippen MR) is 134 cm³/mol. The molecule has 0 aliphatic carbocycles. The molecule has 5 rings (SSSR count). The van der Waals surface area contributed by atoms with Gasteiger partial charge in [0.05, 0.1) is 18.1 Å². The first kappa shape index (κ1) is 20.4. The SMILES string of the molecule is Cc1ccc2[nH]c(-c3nn(CN(C)C)c(=S)n3-c3ccccc3)c(-c3ccccc3)c2c1. The molecule has 2 heterocycles. The van der Waals surface area contributed by atoms with E-state index in [1.54, 1.807) is 0 Å². The number of aromatic nitrogens is 4.